The SMILES string of the molecule is CCOC(=O)c1nnn(Cc2ccc(OC)cc2)c1Oc1ccc(OC(F)(F)F)cc1. The van der Waals surface area contributed by atoms with Crippen LogP contribution in [0.2, 0.25) is 0 Å². The molecule has 3 aromatic rings. The third-order valence-electron chi connectivity index (χ3n) is 3.92. The summed E-state index contributed by atoms with van der Waals surface area (Å²) in [5.74, 6) is -0.338. The molecule has 31 heavy (non-hydrogen) atoms. The lowest BCUT2D eigenvalue weighted by Gasteiger charge is -2.11. The van der Waals surface area contributed by atoms with Gasteiger partial charge in [-0.1, -0.05) is 17.3 Å². The van der Waals surface area contributed by atoms with Crippen LogP contribution in [0.15, 0.2) is 48.5 Å². The number of hydrogen-bond donors (Lipinski definition) is 0. The van der Waals surface area contributed by atoms with Crippen molar-refractivity contribution in [3.05, 3.63) is 59.8 Å². The van der Waals surface area contributed by atoms with E-state index in [2.05, 4.69) is 15.0 Å². The van der Waals surface area contributed by atoms with Crippen LogP contribution in [0.1, 0.15) is 23.0 Å². The van der Waals surface area contributed by atoms with Crippen LogP contribution in [-0.4, -0.2) is 41.0 Å². The summed E-state index contributed by atoms with van der Waals surface area (Å²) in [7, 11) is 1.55. The maximum absolute atomic E-state index is 12.3. The lowest BCUT2D eigenvalue weighted by molar-refractivity contribution is -0.274. The van der Waals surface area contributed by atoms with Gasteiger partial charge >= 0.3 is 12.3 Å². The van der Waals surface area contributed by atoms with Crippen molar-refractivity contribution in [3.8, 4) is 23.1 Å². The second kappa shape index (κ2) is 9.37. The molecular formula is C20H18F3N3O5. The van der Waals surface area contributed by atoms with Crippen LogP contribution < -0.4 is 14.2 Å². The maximum atomic E-state index is 12.3. The molecule has 0 aliphatic carbocycles. The highest BCUT2D eigenvalue weighted by Gasteiger charge is 2.31. The number of rotatable bonds is 8. The summed E-state index contributed by atoms with van der Waals surface area (Å²) < 4.78 is 58.0. The molecule has 0 saturated carbocycles. The van der Waals surface area contributed by atoms with Crippen LogP contribution in [-0.2, 0) is 11.3 Å². The van der Waals surface area contributed by atoms with Crippen LogP contribution in [0.4, 0.5) is 13.2 Å². The number of halogens is 3. The van der Waals surface area contributed by atoms with Crippen LogP contribution >= 0.6 is 0 Å². The molecule has 0 saturated heterocycles. The second-order valence-corrected chi connectivity index (χ2v) is 6.09. The standard InChI is InChI=1S/C20H18F3N3O5/c1-3-29-19(27)17-18(30-15-8-10-16(11-9-15)31-20(21,22)23)26(25-24-17)12-13-4-6-14(28-2)7-5-13/h4-11H,3,12H2,1-2H3. The number of benzene rings is 2. The Labute approximate surface area is 175 Å². The summed E-state index contributed by atoms with van der Waals surface area (Å²) in [6, 6.07) is 11.8. The topological polar surface area (TPSA) is 84.7 Å². The summed E-state index contributed by atoms with van der Waals surface area (Å²) in [5.41, 5.74) is 0.658. The zero-order chi connectivity index (χ0) is 22.4. The first-order chi connectivity index (χ1) is 14.8. The number of alkyl halides is 3. The molecule has 0 unspecified atom stereocenters. The van der Waals surface area contributed by atoms with Gasteiger partial charge in [-0.3, -0.25) is 0 Å². The van der Waals surface area contributed by atoms with E-state index in [1.165, 1.54) is 16.8 Å². The van der Waals surface area contributed by atoms with Gasteiger partial charge in [-0.05, 0) is 48.9 Å². The fourth-order valence-corrected chi connectivity index (χ4v) is 2.56. The van der Waals surface area contributed by atoms with Gasteiger partial charge < -0.3 is 18.9 Å². The van der Waals surface area contributed by atoms with Crippen molar-refractivity contribution in [2.75, 3.05) is 13.7 Å². The normalized spacial score (nSPS) is 11.1. The third kappa shape index (κ3) is 5.87. The fourth-order valence-electron chi connectivity index (χ4n) is 2.56. The van der Waals surface area contributed by atoms with E-state index in [0.29, 0.717) is 5.75 Å². The van der Waals surface area contributed by atoms with Crippen molar-refractivity contribution >= 4 is 5.97 Å². The van der Waals surface area contributed by atoms with Crippen LogP contribution in [0.25, 0.3) is 0 Å². The molecule has 0 fully saturated rings. The lowest BCUT2D eigenvalue weighted by atomic mass is 10.2. The first-order valence-electron chi connectivity index (χ1n) is 9.06. The Morgan fingerprint density at radius 3 is 2.19 bits per heavy atom. The summed E-state index contributed by atoms with van der Waals surface area (Å²) >= 11 is 0. The van der Waals surface area contributed by atoms with Gasteiger partial charge in [-0.2, -0.15) is 0 Å². The molecule has 1 heterocycles. The second-order valence-electron chi connectivity index (χ2n) is 6.09. The highest BCUT2D eigenvalue weighted by molar-refractivity contribution is 5.89. The van der Waals surface area contributed by atoms with Crippen LogP contribution in [0, 0.1) is 0 Å². The molecule has 0 atom stereocenters. The van der Waals surface area contributed by atoms with Crippen LogP contribution in [0.3, 0.4) is 0 Å². The van der Waals surface area contributed by atoms with E-state index < -0.39 is 18.1 Å². The number of hydrogen-bond acceptors (Lipinski definition) is 7. The van der Waals surface area contributed by atoms with E-state index >= 15 is 0 Å². The fraction of sp³-hybridized carbons (Fsp3) is 0.250. The minimum atomic E-state index is -4.81. The van der Waals surface area contributed by atoms with Crippen molar-refractivity contribution in [1.29, 1.82) is 0 Å². The summed E-state index contributed by atoms with van der Waals surface area (Å²) in [6.07, 6.45) is -4.81. The largest absolute Gasteiger partial charge is 0.573 e. The quantitative estimate of drug-likeness (QED) is 0.488. The summed E-state index contributed by atoms with van der Waals surface area (Å²) in [4.78, 5) is 12.2. The summed E-state index contributed by atoms with van der Waals surface area (Å²) in [5, 5.41) is 7.80. The number of methoxy groups -OCH3 is 1. The van der Waals surface area contributed by atoms with Gasteiger partial charge in [-0.25, -0.2) is 9.48 Å². The van der Waals surface area contributed by atoms with Gasteiger partial charge in [0.15, 0.2) is 0 Å². The van der Waals surface area contributed by atoms with Crippen molar-refractivity contribution in [1.82, 2.24) is 15.0 Å². The Morgan fingerprint density at radius 1 is 1.00 bits per heavy atom. The van der Waals surface area contributed by atoms with Crippen molar-refractivity contribution in [3.63, 3.8) is 0 Å². The average molecular weight is 437 g/mol. The lowest BCUT2D eigenvalue weighted by Crippen LogP contribution is -2.16. The number of ether oxygens (including phenoxy) is 4. The van der Waals surface area contributed by atoms with Gasteiger partial charge in [0.1, 0.15) is 17.2 Å². The molecule has 0 radical (unpaired) electrons. The molecule has 1 aromatic heterocycles. The number of nitrogens with zero attached hydrogens (tertiary/aromatic N) is 3. The first-order valence-corrected chi connectivity index (χ1v) is 9.06. The van der Waals surface area contributed by atoms with Crippen LogP contribution in [0.5, 0.6) is 23.1 Å². The predicted octanol–water partition coefficient (Wildman–Crippen LogP) is 4.20. The van der Waals surface area contributed by atoms with E-state index in [4.69, 9.17) is 14.2 Å². The van der Waals surface area contributed by atoms with E-state index in [9.17, 15) is 18.0 Å². The Morgan fingerprint density at radius 2 is 1.61 bits per heavy atom. The Bertz CT molecular complexity index is 1020. The molecule has 11 heteroatoms. The molecule has 3 rings (SSSR count). The van der Waals surface area contributed by atoms with E-state index in [1.54, 1.807) is 38.3 Å². The molecule has 0 spiro atoms. The zero-order valence-electron chi connectivity index (χ0n) is 16.5. The minimum absolute atomic E-state index is 0.0150. The van der Waals surface area contributed by atoms with E-state index in [0.717, 1.165) is 17.7 Å². The number of carbonyl (C=O) groups is 1. The zero-order valence-corrected chi connectivity index (χ0v) is 16.5. The average Bonchev–Trinajstić information content (AvgIpc) is 3.11. The van der Waals surface area contributed by atoms with Crippen molar-refractivity contribution in [2.45, 2.75) is 19.8 Å². The molecule has 0 aliphatic rings. The van der Waals surface area contributed by atoms with E-state index in [-0.39, 0.29) is 30.5 Å². The highest BCUT2D eigenvalue weighted by Crippen LogP contribution is 2.29. The van der Waals surface area contributed by atoms with Gasteiger partial charge in [-0.15, -0.1) is 18.3 Å². The Kier molecular flexibility index (Phi) is 6.63. The Hall–Kier alpha value is -3.76. The third-order valence-corrected chi connectivity index (χ3v) is 3.92. The smallest absolute Gasteiger partial charge is 0.497 e. The highest BCUT2D eigenvalue weighted by atomic mass is 19.4. The molecule has 164 valence electrons. The Balaban J connectivity index is 1.86. The molecule has 8 nitrogen and oxygen atoms in total. The minimum Gasteiger partial charge on any atom is -0.497 e. The monoisotopic (exact) mass is 437 g/mol. The van der Waals surface area contributed by atoms with Crippen molar-refractivity contribution in [2.24, 2.45) is 0 Å². The first kappa shape index (κ1) is 21.9. The van der Waals surface area contributed by atoms with E-state index in [1.807, 2.05) is 0 Å². The number of esters is 1. The molecule has 2 aromatic carbocycles. The van der Waals surface area contributed by atoms with Gasteiger partial charge in [0.25, 0.3) is 5.88 Å². The van der Waals surface area contributed by atoms with Gasteiger partial charge in [0, 0.05) is 0 Å². The molecular weight excluding hydrogens is 419 g/mol. The summed E-state index contributed by atoms with van der Waals surface area (Å²) in [6.45, 7) is 1.97. The van der Waals surface area contributed by atoms with Gasteiger partial charge in [0.2, 0.25) is 5.69 Å². The number of carbonyl (C=O) groups excluding carboxylic acids is 1. The molecule has 0 N–H and O–H groups in total. The predicted molar refractivity (Wildman–Crippen MR) is 101 cm³/mol. The molecule has 0 bridgehead atoms. The molecule has 0 aliphatic heterocycles. The maximum Gasteiger partial charge on any atom is 0.573 e. The molecule has 0 amide bonds. The van der Waals surface area contributed by atoms with Crippen molar-refractivity contribution < 1.29 is 36.9 Å². The number of aromatic nitrogens is 3. The van der Waals surface area contributed by atoms with Gasteiger partial charge in [0.05, 0.1) is 20.3 Å².